The lowest BCUT2D eigenvalue weighted by Crippen LogP contribution is -2.31. The molecule has 0 unspecified atom stereocenters. The molecular formula is C18H20N4O2S. The summed E-state index contributed by atoms with van der Waals surface area (Å²) in [6.07, 6.45) is 5.73. The van der Waals surface area contributed by atoms with Crippen LogP contribution in [0.3, 0.4) is 0 Å². The summed E-state index contributed by atoms with van der Waals surface area (Å²) in [7, 11) is -1.29. The topological polar surface area (TPSA) is 68.1 Å². The van der Waals surface area contributed by atoms with Crippen LogP contribution in [0, 0.1) is 0 Å². The number of hydrogen-bond acceptors (Lipinski definition) is 5. The van der Waals surface area contributed by atoms with Gasteiger partial charge in [0.25, 0.3) is 0 Å². The van der Waals surface area contributed by atoms with Crippen molar-refractivity contribution in [2.24, 2.45) is 7.05 Å². The number of sulfone groups is 1. The van der Waals surface area contributed by atoms with E-state index in [9.17, 15) is 8.42 Å². The first-order chi connectivity index (χ1) is 11.9. The summed E-state index contributed by atoms with van der Waals surface area (Å²) in [6, 6.07) is 8.41. The molecular weight excluding hydrogens is 336 g/mol. The van der Waals surface area contributed by atoms with Crippen LogP contribution < -0.4 is 0 Å². The third-order valence-electron chi connectivity index (χ3n) is 4.70. The maximum Gasteiger partial charge on any atom is 0.246 e. The van der Waals surface area contributed by atoms with E-state index in [-0.39, 0.29) is 5.16 Å². The molecule has 1 aliphatic heterocycles. The minimum Gasteiger partial charge on any atom is -0.350 e. The van der Waals surface area contributed by atoms with E-state index in [1.165, 1.54) is 16.5 Å². The highest BCUT2D eigenvalue weighted by molar-refractivity contribution is 7.90. The molecule has 130 valence electrons. The summed E-state index contributed by atoms with van der Waals surface area (Å²) in [6.45, 7) is 2.45. The lowest BCUT2D eigenvalue weighted by molar-refractivity contribution is 0.243. The van der Waals surface area contributed by atoms with Crippen molar-refractivity contribution in [3.63, 3.8) is 0 Å². The van der Waals surface area contributed by atoms with Crippen LogP contribution in [0.2, 0.25) is 0 Å². The van der Waals surface area contributed by atoms with Gasteiger partial charge in [-0.2, -0.15) is 0 Å². The second-order valence-electron chi connectivity index (χ2n) is 6.64. The van der Waals surface area contributed by atoms with Gasteiger partial charge in [-0.05, 0) is 11.6 Å². The molecule has 0 aliphatic carbocycles. The SMILES string of the molecule is Cn1cc(CN2CCc3nc(S(C)(=O)=O)ncc3C2)c2ccccc21. The first-order valence-electron chi connectivity index (χ1n) is 8.22. The summed E-state index contributed by atoms with van der Waals surface area (Å²) in [5.74, 6) is 0. The zero-order chi connectivity index (χ0) is 17.6. The van der Waals surface area contributed by atoms with Crippen LogP contribution in [0.4, 0.5) is 0 Å². The fourth-order valence-electron chi connectivity index (χ4n) is 3.46. The maximum atomic E-state index is 11.6. The van der Waals surface area contributed by atoms with Gasteiger partial charge in [0, 0.05) is 68.2 Å². The van der Waals surface area contributed by atoms with Crippen LogP contribution >= 0.6 is 0 Å². The highest BCUT2D eigenvalue weighted by Gasteiger charge is 2.22. The minimum atomic E-state index is -3.36. The molecule has 0 atom stereocenters. The molecule has 4 rings (SSSR count). The van der Waals surface area contributed by atoms with Crippen LogP contribution in [0.25, 0.3) is 10.9 Å². The maximum absolute atomic E-state index is 11.6. The monoisotopic (exact) mass is 356 g/mol. The van der Waals surface area contributed by atoms with Crippen LogP contribution in [0.1, 0.15) is 16.8 Å². The predicted octanol–water partition coefficient (Wildman–Crippen LogP) is 1.93. The van der Waals surface area contributed by atoms with Crippen LogP contribution in [-0.2, 0) is 36.4 Å². The molecule has 1 aromatic carbocycles. The third-order valence-corrected chi connectivity index (χ3v) is 5.56. The summed E-state index contributed by atoms with van der Waals surface area (Å²) < 4.78 is 25.4. The molecule has 3 heterocycles. The Labute approximate surface area is 147 Å². The van der Waals surface area contributed by atoms with Crippen molar-refractivity contribution < 1.29 is 8.42 Å². The van der Waals surface area contributed by atoms with Crippen molar-refractivity contribution in [3.8, 4) is 0 Å². The Kier molecular flexibility index (Phi) is 3.85. The molecule has 25 heavy (non-hydrogen) atoms. The first kappa shape index (κ1) is 16.2. The Morgan fingerprint density at radius 1 is 1.24 bits per heavy atom. The highest BCUT2D eigenvalue weighted by Crippen LogP contribution is 2.24. The minimum absolute atomic E-state index is 0.0752. The summed E-state index contributed by atoms with van der Waals surface area (Å²) in [4.78, 5) is 10.6. The van der Waals surface area contributed by atoms with Gasteiger partial charge in [0.1, 0.15) is 0 Å². The summed E-state index contributed by atoms with van der Waals surface area (Å²) in [5.41, 5.74) is 4.40. The van der Waals surface area contributed by atoms with E-state index in [1.807, 2.05) is 0 Å². The highest BCUT2D eigenvalue weighted by atomic mass is 32.2. The van der Waals surface area contributed by atoms with Gasteiger partial charge in [-0.3, -0.25) is 4.90 Å². The second-order valence-corrected chi connectivity index (χ2v) is 8.55. The molecule has 0 fully saturated rings. The fraction of sp³-hybridized carbons (Fsp3) is 0.333. The molecule has 1 aliphatic rings. The van der Waals surface area contributed by atoms with E-state index in [2.05, 4.69) is 56.9 Å². The van der Waals surface area contributed by atoms with Crippen molar-refractivity contribution >= 4 is 20.7 Å². The second kappa shape index (κ2) is 5.93. The van der Waals surface area contributed by atoms with E-state index in [0.29, 0.717) is 0 Å². The van der Waals surface area contributed by atoms with E-state index < -0.39 is 9.84 Å². The fourth-order valence-corrected chi connectivity index (χ4v) is 3.98. The van der Waals surface area contributed by atoms with Gasteiger partial charge < -0.3 is 4.57 Å². The van der Waals surface area contributed by atoms with Gasteiger partial charge in [0.15, 0.2) is 0 Å². The Balaban J connectivity index is 1.58. The van der Waals surface area contributed by atoms with Gasteiger partial charge >= 0.3 is 0 Å². The van der Waals surface area contributed by atoms with Crippen LogP contribution in [-0.4, -0.2) is 40.7 Å². The first-order valence-corrected chi connectivity index (χ1v) is 10.1. The Morgan fingerprint density at radius 3 is 2.84 bits per heavy atom. The number of rotatable bonds is 3. The molecule has 0 spiro atoms. The van der Waals surface area contributed by atoms with Crippen molar-refractivity contribution in [2.75, 3.05) is 12.8 Å². The smallest absolute Gasteiger partial charge is 0.246 e. The zero-order valence-electron chi connectivity index (χ0n) is 14.3. The molecule has 6 nitrogen and oxygen atoms in total. The van der Waals surface area contributed by atoms with Gasteiger partial charge in [-0.1, -0.05) is 18.2 Å². The van der Waals surface area contributed by atoms with E-state index in [1.54, 1.807) is 6.20 Å². The van der Waals surface area contributed by atoms with Gasteiger partial charge in [-0.25, -0.2) is 18.4 Å². The number of aryl methyl sites for hydroxylation is 1. The van der Waals surface area contributed by atoms with E-state index >= 15 is 0 Å². The quantitative estimate of drug-likeness (QED) is 0.671. The molecule has 0 saturated carbocycles. The van der Waals surface area contributed by atoms with Gasteiger partial charge in [0.2, 0.25) is 15.0 Å². The molecule has 0 saturated heterocycles. The predicted molar refractivity (Wildman–Crippen MR) is 95.9 cm³/mol. The number of para-hydroxylation sites is 1. The summed E-state index contributed by atoms with van der Waals surface area (Å²) in [5, 5.41) is 1.20. The molecule has 3 aromatic rings. The number of benzene rings is 1. The number of aromatic nitrogens is 3. The average molecular weight is 356 g/mol. The van der Waals surface area contributed by atoms with Crippen molar-refractivity contribution in [1.82, 2.24) is 19.4 Å². The largest absolute Gasteiger partial charge is 0.350 e. The van der Waals surface area contributed by atoms with Crippen molar-refractivity contribution in [2.45, 2.75) is 24.7 Å². The molecule has 0 N–H and O–H groups in total. The van der Waals surface area contributed by atoms with E-state index in [4.69, 9.17) is 0 Å². The molecule has 0 bridgehead atoms. The Morgan fingerprint density at radius 2 is 2.04 bits per heavy atom. The normalized spacial score (nSPS) is 15.4. The lowest BCUT2D eigenvalue weighted by atomic mass is 10.1. The number of nitrogens with zero attached hydrogens (tertiary/aromatic N) is 4. The van der Waals surface area contributed by atoms with Gasteiger partial charge in [-0.15, -0.1) is 0 Å². The molecule has 7 heteroatoms. The summed E-state index contributed by atoms with van der Waals surface area (Å²) >= 11 is 0. The third kappa shape index (κ3) is 3.05. The molecule has 2 aromatic heterocycles. The zero-order valence-corrected chi connectivity index (χ0v) is 15.1. The van der Waals surface area contributed by atoms with Crippen LogP contribution in [0.15, 0.2) is 41.8 Å². The van der Waals surface area contributed by atoms with Crippen LogP contribution in [0.5, 0.6) is 0 Å². The standard InChI is InChI=1S/C18H20N4O2S/c1-21-10-14(15-5-3-4-6-17(15)21)12-22-8-7-16-13(11-22)9-19-18(20-16)25(2,23)24/h3-6,9-10H,7-8,11-12H2,1-2H3. The van der Waals surface area contributed by atoms with Crippen molar-refractivity contribution in [1.29, 1.82) is 0 Å². The van der Waals surface area contributed by atoms with Gasteiger partial charge in [0.05, 0.1) is 5.69 Å². The van der Waals surface area contributed by atoms with E-state index in [0.717, 1.165) is 43.6 Å². The Bertz CT molecular complexity index is 1060. The number of hydrogen-bond donors (Lipinski definition) is 0. The average Bonchev–Trinajstić information content (AvgIpc) is 2.90. The molecule has 0 radical (unpaired) electrons. The lowest BCUT2D eigenvalue weighted by Gasteiger charge is -2.27. The van der Waals surface area contributed by atoms with Crippen molar-refractivity contribution in [3.05, 3.63) is 53.5 Å². The Hall–Kier alpha value is -2.25. The number of fused-ring (bicyclic) bond motifs is 2. The molecule has 0 amide bonds.